The van der Waals surface area contributed by atoms with Gasteiger partial charge in [-0.1, -0.05) is 106 Å². The zero-order valence-corrected chi connectivity index (χ0v) is 21.4. The summed E-state index contributed by atoms with van der Waals surface area (Å²) in [7, 11) is 0. The SMILES string of the molecule is CC(C)(C)c1ccc(OCCCn2c(C(c3ccccc3)c3ccccc3)nc3ccccc32)cc1. The number of imidazole rings is 1. The number of hydrogen-bond donors (Lipinski definition) is 0. The average Bonchev–Trinajstić information content (AvgIpc) is 3.26. The first-order valence-corrected chi connectivity index (χ1v) is 12.8. The quantitative estimate of drug-likeness (QED) is 0.213. The van der Waals surface area contributed by atoms with Gasteiger partial charge in [0, 0.05) is 6.54 Å². The van der Waals surface area contributed by atoms with Crippen molar-refractivity contribution in [3.8, 4) is 5.75 Å². The summed E-state index contributed by atoms with van der Waals surface area (Å²) in [6.07, 6.45) is 0.894. The van der Waals surface area contributed by atoms with Crippen molar-refractivity contribution in [1.82, 2.24) is 9.55 Å². The molecule has 0 amide bonds. The van der Waals surface area contributed by atoms with E-state index in [0.717, 1.165) is 30.1 Å². The number of aryl methyl sites for hydroxylation is 1. The fourth-order valence-corrected chi connectivity index (χ4v) is 4.79. The summed E-state index contributed by atoms with van der Waals surface area (Å²) in [6, 6.07) is 38.3. The van der Waals surface area contributed by atoms with Gasteiger partial charge in [0.05, 0.1) is 23.6 Å². The van der Waals surface area contributed by atoms with Crippen molar-refractivity contribution in [3.63, 3.8) is 0 Å². The second-order valence-electron chi connectivity index (χ2n) is 10.3. The van der Waals surface area contributed by atoms with Crippen LogP contribution in [0.15, 0.2) is 109 Å². The molecule has 0 aliphatic heterocycles. The summed E-state index contributed by atoms with van der Waals surface area (Å²) < 4.78 is 8.50. The van der Waals surface area contributed by atoms with Gasteiger partial charge in [0.15, 0.2) is 0 Å². The Balaban J connectivity index is 1.41. The van der Waals surface area contributed by atoms with Crippen LogP contribution in [0, 0.1) is 0 Å². The molecule has 0 N–H and O–H groups in total. The molecule has 0 saturated heterocycles. The molecule has 4 aromatic carbocycles. The first-order chi connectivity index (χ1) is 17.5. The molecule has 0 bridgehead atoms. The fraction of sp³-hybridized carbons (Fsp3) is 0.242. The van der Waals surface area contributed by atoms with Crippen LogP contribution in [0.2, 0.25) is 0 Å². The van der Waals surface area contributed by atoms with Gasteiger partial charge in [0.25, 0.3) is 0 Å². The molecule has 1 aromatic heterocycles. The monoisotopic (exact) mass is 474 g/mol. The van der Waals surface area contributed by atoms with Crippen LogP contribution in [0.3, 0.4) is 0 Å². The topological polar surface area (TPSA) is 27.1 Å². The third-order valence-corrected chi connectivity index (χ3v) is 6.72. The molecule has 0 fully saturated rings. The van der Waals surface area contributed by atoms with Crippen LogP contribution in [0.5, 0.6) is 5.75 Å². The van der Waals surface area contributed by atoms with Gasteiger partial charge in [-0.25, -0.2) is 4.98 Å². The summed E-state index contributed by atoms with van der Waals surface area (Å²) in [5.41, 5.74) is 6.15. The number of nitrogens with zero attached hydrogens (tertiary/aromatic N) is 2. The third kappa shape index (κ3) is 5.21. The standard InChI is InChI=1S/C33H34N2O/c1-33(2,3)27-19-21-28(22-20-27)36-24-12-23-35-30-18-11-10-17-29(30)34-32(35)31(25-13-6-4-7-14-25)26-15-8-5-9-16-26/h4-11,13-22,31H,12,23-24H2,1-3H3. The lowest BCUT2D eigenvalue weighted by Gasteiger charge is -2.20. The highest BCUT2D eigenvalue weighted by Crippen LogP contribution is 2.33. The Labute approximate surface area is 214 Å². The Hall–Kier alpha value is -3.85. The summed E-state index contributed by atoms with van der Waals surface area (Å²) in [4.78, 5) is 5.16. The smallest absolute Gasteiger partial charge is 0.121 e. The molecule has 1 heterocycles. The lowest BCUT2D eigenvalue weighted by Crippen LogP contribution is -2.14. The van der Waals surface area contributed by atoms with Gasteiger partial charge in [0.2, 0.25) is 0 Å². The molecule has 0 radical (unpaired) electrons. The van der Waals surface area contributed by atoms with Crippen molar-refractivity contribution >= 4 is 11.0 Å². The minimum atomic E-state index is 0.0608. The molecular weight excluding hydrogens is 440 g/mol. The zero-order valence-electron chi connectivity index (χ0n) is 21.4. The molecule has 3 nitrogen and oxygen atoms in total. The molecule has 5 rings (SSSR count). The summed E-state index contributed by atoms with van der Waals surface area (Å²) in [6.45, 7) is 8.18. The third-order valence-electron chi connectivity index (χ3n) is 6.72. The van der Waals surface area contributed by atoms with E-state index in [2.05, 4.69) is 135 Å². The predicted octanol–water partition coefficient (Wildman–Crippen LogP) is 7.98. The van der Waals surface area contributed by atoms with E-state index in [9.17, 15) is 0 Å². The maximum Gasteiger partial charge on any atom is 0.121 e. The molecule has 0 aliphatic carbocycles. The van der Waals surface area contributed by atoms with Crippen LogP contribution in [0.4, 0.5) is 0 Å². The number of fused-ring (bicyclic) bond motifs is 1. The van der Waals surface area contributed by atoms with E-state index in [4.69, 9.17) is 9.72 Å². The van der Waals surface area contributed by atoms with Crippen molar-refractivity contribution in [3.05, 3.63) is 132 Å². The summed E-state index contributed by atoms with van der Waals surface area (Å²) in [5, 5.41) is 0. The Bertz CT molecular complexity index is 1360. The Morgan fingerprint density at radius 3 is 1.92 bits per heavy atom. The van der Waals surface area contributed by atoms with E-state index in [1.165, 1.54) is 22.2 Å². The second kappa shape index (κ2) is 10.4. The Morgan fingerprint density at radius 1 is 0.722 bits per heavy atom. The van der Waals surface area contributed by atoms with Gasteiger partial charge in [0.1, 0.15) is 11.6 Å². The molecule has 36 heavy (non-hydrogen) atoms. The van der Waals surface area contributed by atoms with Gasteiger partial charge < -0.3 is 9.30 Å². The van der Waals surface area contributed by atoms with Crippen molar-refractivity contribution in [1.29, 1.82) is 0 Å². The highest BCUT2D eigenvalue weighted by atomic mass is 16.5. The van der Waals surface area contributed by atoms with E-state index in [0.29, 0.717) is 6.61 Å². The van der Waals surface area contributed by atoms with Crippen LogP contribution in [0.1, 0.15) is 55.6 Å². The molecule has 3 heteroatoms. The van der Waals surface area contributed by atoms with Crippen LogP contribution in [0.25, 0.3) is 11.0 Å². The van der Waals surface area contributed by atoms with Crippen LogP contribution in [-0.2, 0) is 12.0 Å². The van der Waals surface area contributed by atoms with Gasteiger partial charge in [-0.15, -0.1) is 0 Å². The largest absolute Gasteiger partial charge is 0.494 e. The van der Waals surface area contributed by atoms with Crippen molar-refractivity contribution in [2.45, 2.75) is 45.1 Å². The van der Waals surface area contributed by atoms with Gasteiger partial charge in [-0.3, -0.25) is 0 Å². The molecule has 182 valence electrons. The van der Waals surface area contributed by atoms with Crippen molar-refractivity contribution < 1.29 is 4.74 Å². The fourth-order valence-electron chi connectivity index (χ4n) is 4.79. The highest BCUT2D eigenvalue weighted by Gasteiger charge is 2.23. The molecule has 0 saturated carbocycles. The van der Waals surface area contributed by atoms with E-state index in [1.54, 1.807) is 0 Å². The molecular formula is C33H34N2O. The number of benzene rings is 4. The van der Waals surface area contributed by atoms with Crippen molar-refractivity contribution in [2.24, 2.45) is 0 Å². The number of ether oxygens (including phenoxy) is 1. The number of hydrogen-bond acceptors (Lipinski definition) is 2. The minimum Gasteiger partial charge on any atom is -0.494 e. The molecule has 0 atom stereocenters. The van der Waals surface area contributed by atoms with Crippen LogP contribution < -0.4 is 4.74 Å². The van der Waals surface area contributed by atoms with Gasteiger partial charge in [-0.2, -0.15) is 0 Å². The maximum atomic E-state index is 6.12. The Morgan fingerprint density at radius 2 is 1.31 bits per heavy atom. The first-order valence-electron chi connectivity index (χ1n) is 12.8. The Kier molecular flexibility index (Phi) is 6.90. The van der Waals surface area contributed by atoms with Crippen LogP contribution in [-0.4, -0.2) is 16.2 Å². The van der Waals surface area contributed by atoms with E-state index in [1.807, 2.05) is 0 Å². The number of para-hydroxylation sites is 2. The second-order valence-corrected chi connectivity index (χ2v) is 10.3. The number of aromatic nitrogens is 2. The number of rotatable bonds is 8. The van der Waals surface area contributed by atoms with E-state index in [-0.39, 0.29) is 11.3 Å². The van der Waals surface area contributed by atoms with Crippen molar-refractivity contribution in [2.75, 3.05) is 6.61 Å². The molecule has 0 spiro atoms. The first kappa shape index (κ1) is 23.9. The minimum absolute atomic E-state index is 0.0608. The summed E-state index contributed by atoms with van der Waals surface area (Å²) in [5.74, 6) is 2.05. The highest BCUT2D eigenvalue weighted by molar-refractivity contribution is 5.76. The van der Waals surface area contributed by atoms with E-state index < -0.39 is 0 Å². The summed E-state index contributed by atoms with van der Waals surface area (Å²) >= 11 is 0. The average molecular weight is 475 g/mol. The maximum absolute atomic E-state index is 6.12. The van der Waals surface area contributed by atoms with Gasteiger partial charge >= 0.3 is 0 Å². The van der Waals surface area contributed by atoms with Gasteiger partial charge in [-0.05, 0) is 52.8 Å². The van der Waals surface area contributed by atoms with E-state index >= 15 is 0 Å². The molecule has 0 unspecified atom stereocenters. The predicted molar refractivity (Wildman–Crippen MR) is 149 cm³/mol. The zero-order chi connectivity index (χ0) is 25.0. The molecule has 0 aliphatic rings. The lowest BCUT2D eigenvalue weighted by atomic mass is 9.87. The molecule has 5 aromatic rings. The van der Waals surface area contributed by atoms with Crippen LogP contribution >= 0.6 is 0 Å². The lowest BCUT2D eigenvalue weighted by molar-refractivity contribution is 0.301. The normalized spacial score (nSPS) is 11.8.